The Labute approximate surface area is 106 Å². The second kappa shape index (κ2) is 5.58. The number of carbonyl (C=O) groups excluding carboxylic acids is 1. The second-order valence-electron chi connectivity index (χ2n) is 4.26. The molecule has 1 aromatic carbocycles. The van der Waals surface area contributed by atoms with Gasteiger partial charge in [0, 0.05) is 6.54 Å². The van der Waals surface area contributed by atoms with E-state index in [0.717, 1.165) is 23.9 Å². The number of nitrogens with one attached hydrogen (secondary N) is 1. The van der Waals surface area contributed by atoms with Gasteiger partial charge in [-0.1, -0.05) is 25.5 Å². The van der Waals surface area contributed by atoms with Crippen LogP contribution in [0.15, 0.2) is 24.3 Å². The Kier molecular flexibility index (Phi) is 3.87. The molecule has 0 spiro atoms. The summed E-state index contributed by atoms with van der Waals surface area (Å²) in [6, 6.07) is 7.57. The molecule has 4 heteroatoms. The van der Waals surface area contributed by atoms with Crippen molar-refractivity contribution in [2.24, 2.45) is 0 Å². The summed E-state index contributed by atoms with van der Waals surface area (Å²) < 4.78 is 0. The Morgan fingerprint density at radius 3 is 2.56 bits per heavy atom. The lowest BCUT2D eigenvalue weighted by molar-refractivity contribution is 0.0947. The van der Waals surface area contributed by atoms with Crippen molar-refractivity contribution in [2.75, 3.05) is 6.54 Å². The first-order valence-corrected chi connectivity index (χ1v) is 6.24. The van der Waals surface area contributed by atoms with E-state index >= 15 is 0 Å². The first-order valence-electron chi connectivity index (χ1n) is 6.24. The van der Waals surface area contributed by atoms with E-state index in [1.54, 1.807) is 0 Å². The maximum Gasteiger partial charge on any atom is 0.271 e. The van der Waals surface area contributed by atoms with Crippen LogP contribution in [-0.2, 0) is 0 Å². The van der Waals surface area contributed by atoms with E-state index in [9.17, 15) is 4.79 Å². The minimum Gasteiger partial charge on any atom is -0.351 e. The van der Waals surface area contributed by atoms with Crippen molar-refractivity contribution in [1.29, 1.82) is 0 Å². The van der Waals surface area contributed by atoms with Crippen molar-refractivity contribution in [3.05, 3.63) is 35.7 Å². The van der Waals surface area contributed by atoms with Crippen molar-refractivity contribution in [2.45, 2.75) is 26.7 Å². The third kappa shape index (κ3) is 2.64. The summed E-state index contributed by atoms with van der Waals surface area (Å²) in [7, 11) is 0. The molecule has 0 aliphatic heterocycles. The lowest BCUT2D eigenvalue weighted by Crippen LogP contribution is -2.26. The van der Waals surface area contributed by atoms with Gasteiger partial charge in [-0.3, -0.25) is 4.79 Å². The van der Waals surface area contributed by atoms with Gasteiger partial charge in [0.25, 0.3) is 5.91 Å². The minimum atomic E-state index is -0.140. The molecule has 94 valence electrons. The minimum absolute atomic E-state index is 0.140. The van der Waals surface area contributed by atoms with E-state index in [1.165, 1.54) is 0 Å². The zero-order valence-corrected chi connectivity index (χ0v) is 10.7. The first-order chi connectivity index (χ1) is 8.72. The molecule has 0 fully saturated rings. The molecule has 2 rings (SSSR count). The van der Waals surface area contributed by atoms with E-state index in [1.807, 2.05) is 31.2 Å². The standard InChI is InChI=1S/C14H17N3O/c1-3-4-9-15-14(18)13-10(2)16-11-7-5-6-8-12(11)17-13/h5-8H,3-4,9H2,1-2H3,(H,15,18). The molecule has 0 unspecified atom stereocenters. The molecule has 1 N–H and O–H groups in total. The fraction of sp³-hybridized carbons (Fsp3) is 0.357. The second-order valence-corrected chi connectivity index (χ2v) is 4.26. The zero-order chi connectivity index (χ0) is 13.0. The number of unbranched alkanes of at least 4 members (excludes halogenated alkanes) is 1. The maximum atomic E-state index is 12.0. The van der Waals surface area contributed by atoms with Gasteiger partial charge < -0.3 is 5.32 Å². The molecule has 1 aromatic heterocycles. The van der Waals surface area contributed by atoms with Gasteiger partial charge in [-0.05, 0) is 25.5 Å². The predicted molar refractivity (Wildman–Crippen MR) is 71.5 cm³/mol. The monoisotopic (exact) mass is 243 g/mol. The van der Waals surface area contributed by atoms with Crippen LogP contribution in [0.1, 0.15) is 35.9 Å². The molecule has 0 saturated heterocycles. The van der Waals surface area contributed by atoms with Crippen molar-refractivity contribution >= 4 is 16.9 Å². The van der Waals surface area contributed by atoms with Crippen LogP contribution in [0, 0.1) is 6.92 Å². The van der Waals surface area contributed by atoms with Crippen LogP contribution in [-0.4, -0.2) is 22.4 Å². The summed E-state index contributed by atoms with van der Waals surface area (Å²) in [5.41, 5.74) is 2.66. The number of benzene rings is 1. The highest BCUT2D eigenvalue weighted by atomic mass is 16.1. The molecule has 0 aliphatic carbocycles. The molecular weight excluding hydrogens is 226 g/mol. The van der Waals surface area contributed by atoms with Gasteiger partial charge >= 0.3 is 0 Å². The average molecular weight is 243 g/mol. The number of nitrogens with zero attached hydrogens (tertiary/aromatic N) is 2. The zero-order valence-electron chi connectivity index (χ0n) is 10.7. The summed E-state index contributed by atoms with van der Waals surface area (Å²) in [5, 5.41) is 2.86. The van der Waals surface area contributed by atoms with Gasteiger partial charge in [-0.25, -0.2) is 9.97 Å². The van der Waals surface area contributed by atoms with Gasteiger partial charge in [0.15, 0.2) is 0 Å². The topological polar surface area (TPSA) is 54.9 Å². The lowest BCUT2D eigenvalue weighted by atomic mass is 10.2. The molecule has 0 radical (unpaired) electrons. The number of amides is 1. The fourth-order valence-electron chi connectivity index (χ4n) is 1.77. The normalized spacial score (nSPS) is 10.6. The fourth-order valence-corrected chi connectivity index (χ4v) is 1.77. The number of para-hydroxylation sites is 2. The van der Waals surface area contributed by atoms with Gasteiger partial charge in [0.05, 0.1) is 16.7 Å². The summed E-state index contributed by atoms with van der Waals surface area (Å²) in [5.74, 6) is -0.140. The summed E-state index contributed by atoms with van der Waals surface area (Å²) in [6.07, 6.45) is 2.04. The van der Waals surface area contributed by atoms with Crippen molar-refractivity contribution in [3.8, 4) is 0 Å². The SMILES string of the molecule is CCCCNC(=O)c1nc2ccccc2nc1C. The van der Waals surface area contributed by atoms with Crippen LogP contribution in [0.5, 0.6) is 0 Å². The highest BCUT2D eigenvalue weighted by molar-refractivity contribution is 5.95. The summed E-state index contributed by atoms with van der Waals surface area (Å²) in [4.78, 5) is 20.8. The number of fused-ring (bicyclic) bond motifs is 1. The summed E-state index contributed by atoms with van der Waals surface area (Å²) in [6.45, 7) is 4.59. The molecule has 2 aromatic rings. The first kappa shape index (κ1) is 12.5. The van der Waals surface area contributed by atoms with E-state index in [4.69, 9.17) is 0 Å². The van der Waals surface area contributed by atoms with E-state index < -0.39 is 0 Å². The van der Waals surface area contributed by atoms with Gasteiger partial charge in [0.1, 0.15) is 5.69 Å². The number of aromatic nitrogens is 2. The van der Waals surface area contributed by atoms with Crippen molar-refractivity contribution in [1.82, 2.24) is 15.3 Å². The number of hydrogen-bond donors (Lipinski definition) is 1. The third-order valence-electron chi connectivity index (χ3n) is 2.78. The summed E-state index contributed by atoms with van der Waals surface area (Å²) >= 11 is 0. The number of rotatable bonds is 4. The molecule has 1 heterocycles. The highest BCUT2D eigenvalue weighted by Gasteiger charge is 2.12. The molecule has 0 saturated carbocycles. The van der Waals surface area contributed by atoms with Crippen LogP contribution in [0.2, 0.25) is 0 Å². The predicted octanol–water partition coefficient (Wildman–Crippen LogP) is 2.47. The largest absolute Gasteiger partial charge is 0.351 e. The smallest absolute Gasteiger partial charge is 0.271 e. The van der Waals surface area contributed by atoms with Crippen LogP contribution in [0.4, 0.5) is 0 Å². The van der Waals surface area contributed by atoms with Crippen LogP contribution in [0.3, 0.4) is 0 Å². The van der Waals surface area contributed by atoms with Crippen molar-refractivity contribution in [3.63, 3.8) is 0 Å². The van der Waals surface area contributed by atoms with Gasteiger partial charge in [0.2, 0.25) is 0 Å². The van der Waals surface area contributed by atoms with E-state index in [0.29, 0.717) is 17.9 Å². The Morgan fingerprint density at radius 1 is 1.22 bits per heavy atom. The van der Waals surface area contributed by atoms with Crippen LogP contribution < -0.4 is 5.32 Å². The molecular formula is C14H17N3O. The van der Waals surface area contributed by atoms with Gasteiger partial charge in [-0.15, -0.1) is 0 Å². The number of hydrogen-bond acceptors (Lipinski definition) is 3. The average Bonchev–Trinajstić information content (AvgIpc) is 2.38. The van der Waals surface area contributed by atoms with E-state index in [2.05, 4.69) is 22.2 Å². The maximum absolute atomic E-state index is 12.0. The number of carbonyl (C=O) groups is 1. The molecule has 18 heavy (non-hydrogen) atoms. The lowest BCUT2D eigenvalue weighted by Gasteiger charge is -2.07. The Hall–Kier alpha value is -1.97. The van der Waals surface area contributed by atoms with Crippen LogP contribution in [0.25, 0.3) is 11.0 Å². The quantitative estimate of drug-likeness (QED) is 0.839. The third-order valence-corrected chi connectivity index (χ3v) is 2.78. The molecule has 0 aliphatic rings. The Bertz CT molecular complexity index is 566. The highest BCUT2D eigenvalue weighted by Crippen LogP contribution is 2.12. The van der Waals surface area contributed by atoms with Gasteiger partial charge in [-0.2, -0.15) is 0 Å². The van der Waals surface area contributed by atoms with Crippen LogP contribution >= 0.6 is 0 Å². The Balaban J connectivity index is 2.27. The number of aryl methyl sites for hydroxylation is 1. The Morgan fingerprint density at radius 2 is 1.89 bits per heavy atom. The molecule has 0 bridgehead atoms. The van der Waals surface area contributed by atoms with E-state index in [-0.39, 0.29) is 5.91 Å². The van der Waals surface area contributed by atoms with Crippen molar-refractivity contribution < 1.29 is 4.79 Å². The molecule has 4 nitrogen and oxygen atoms in total. The molecule has 0 atom stereocenters. The molecule has 1 amide bonds.